The molecule has 0 radical (unpaired) electrons. The van der Waals surface area contributed by atoms with Gasteiger partial charge in [-0.05, 0) is 29.5 Å². The van der Waals surface area contributed by atoms with Crippen molar-refractivity contribution in [3.05, 3.63) is 35.6 Å². The third-order valence-electron chi connectivity index (χ3n) is 3.05. The molecule has 19 heavy (non-hydrogen) atoms. The van der Waals surface area contributed by atoms with Gasteiger partial charge in [-0.15, -0.1) is 11.3 Å². The lowest BCUT2D eigenvalue weighted by Gasteiger charge is -2.02. The molecule has 2 N–H and O–H groups in total. The largest absolute Gasteiger partial charge is 0.367 e. The Morgan fingerprint density at radius 1 is 1.32 bits per heavy atom. The molecular weight excluding hydrogens is 263 g/mol. The number of hydrogen-bond acceptors (Lipinski definition) is 4. The number of halogens is 1. The van der Waals surface area contributed by atoms with E-state index in [2.05, 4.69) is 5.16 Å². The van der Waals surface area contributed by atoms with Crippen LogP contribution >= 0.6 is 11.3 Å². The maximum absolute atomic E-state index is 13.2. The summed E-state index contributed by atoms with van der Waals surface area (Å²) in [5.74, 6) is 0.349. The summed E-state index contributed by atoms with van der Waals surface area (Å²) in [4.78, 5) is 0.949. The molecule has 0 aliphatic rings. The Balaban J connectivity index is 2.19. The van der Waals surface area contributed by atoms with Crippen molar-refractivity contribution >= 4 is 27.3 Å². The molecule has 98 valence electrons. The molecule has 1 aromatic carbocycles. The van der Waals surface area contributed by atoms with Crippen LogP contribution in [0.4, 0.5) is 10.3 Å². The second-order valence-corrected chi connectivity index (χ2v) is 5.84. The molecule has 0 amide bonds. The van der Waals surface area contributed by atoms with E-state index in [4.69, 9.17) is 10.3 Å². The molecule has 2 heterocycles. The number of hydrogen-bond donors (Lipinski definition) is 1. The summed E-state index contributed by atoms with van der Waals surface area (Å²) >= 11 is 1.49. The fourth-order valence-electron chi connectivity index (χ4n) is 2.17. The van der Waals surface area contributed by atoms with Crippen LogP contribution in [-0.2, 0) is 0 Å². The minimum atomic E-state index is -0.232. The second kappa shape index (κ2) is 4.35. The average molecular weight is 276 g/mol. The number of thiophene rings is 1. The monoisotopic (exact) mass is 276 g/mol. The summed E-state index contributed by atoms with van der Waals surface area (Å²) < 4.78 is 19.2. The molecule has 3 rings (SSSR count). The van der Waals surface area contributed by atoms with Crippen LogP contribution in [-0.4, -0.2) is 5.16 Å². The van der Waals surface area contributed by atoms with Crippen LogP contribution in [0.1, 0.15) is 25.3 Å². The lowest BCUT2D eigenvalue weighted by Crippen LogP contribution is -1.93. The predicted octanol–water partition coefficient (Wildman–Crippen LogP) is 4.40. The summed E-state index contributed by atoms with van der Waals surface area (Å²) in [5.41, 5.74) is 7.48. The van der Waals surface area contributed by atoms with Crippen molar-refractivity contribution in [2.45, 2.75) is 19.8 Å². The zero-order valence-corrected chi connectivity index (χ0v) is 11.4. The fourth-order valence-corrected chi connectivity index (χ4v) is 3.25. The molecule has 3 nitrogen and oxygen atoms in total. The van der Waals surface area contributed by atoms with Gasteiger partial charge in [0.05, 0.1) is 4.88 Å². The molecule has 0 fully saturated rings. The molecule has 0 atom stereocenters. The minimum Gasteiger partial charge on any atom is -0.367 e. The molecule has 0 aliphatic heterocycles. The van der Waals surface area contributed by atoms with Gasteiger partial charge in [0.1, 0.15) is 11.5 Å². The van der Waals surface area contributed by atoms with Crippen LogP contribution in [0.25, 0.3) is 20.7 Å². The first kappa shape index (κ1) is 12.2. The number of nitrogens with zero attached hydrogens (tertiary/aromatic N) is 1. The van der Waals surface area contributed by atoms with Crippen LogP contribution < -0.4 is 5.73 Å². The molecule has 2 aromatic heterocycles. The number of fused-ring (bicyclic) bond motifs is 1. The normalized spacial score (nSPS) is 11.6. The van der Waals surface area contributed by atoms with E-state index in [0.29, 0.717) is 5.88 Å². The topological polar surface area (TPSA) is 52.0 Å². The third-order valence-corrected chi connectivity index (χ3v) is 4.15. The molecule has 3 aromatic rings. The van der Waals surface area contributed by atoms with Gasteiger partial charge in [-0.3, -0.25) is 0 Å². The van der Waals surface area contributed by atoms with Gasteiger partial charge in [0.2, 0.25) is 5.88 Å². The Morgan fingerprint density at radius 3 is 2.84 bits per heavy atom. The van der Waals surface area contributed by atoms with E-state index in [1.54, 1.807) is 6.07 Å². The third kappa shape index (κ3) is 2.00. The summed E-state index contributed by atoms with van der Waals surface area (Å²) in [6.07, 6.45) is 0. The maximum atomic E-state index is 13.2. The van der Waals surface area contributed by atoms with Crippen LogP contribution in [0.2, 0.25) is 0 Å². The lowest BCUT2D eigenvalue weighted by atomic mass is 10.0. The van der Waals surface area contributed by atoms with Crippen molar-refractivity contribution in [3.8, 4) is 10.6 Å². The van der Waals surface area contributed by atoms with Gasteiger partial charge in [0, 0.05) is 10.3 Å². The highest BCUT2D eigenvalue weighted by Crippen LogP contribution is 2.39. The van der Waals surface area contributed by atoms with Gasteiger partial charge in [-0.1, -0.05) is 25.1 Å². The van der Waals surface area contributed by atoms with Crippen molar-refractivity contribution in [2.24, 2.45) is 0 Å². The highest BCUT2D eigenvalue weighted by molar-refractivity contribution is 7.22. The van der Waals surface area contributed by atoms with E-state index in [1.807, 2.05) is 19.9 Å². The lowest BCUT2D eigenvalue weighted by molar-refractivity contribution is 0.438. The maximum Gasteiger partial charge on any atom is 0.226 e. The average Bonchev–Trinajstić information content (AvgIpc) is 2.91. The van der Waals surface area contributed by atoms with Gasteiger partial charge >= 0.3 is 0 Å². The van der Waals surface area contributed by atoms with E-state index < -0.39 is 0 Å². The first-order chi connectivity index (χ1) is 9.06. The number of anilines is 1. The molecular formula is C14H13FN2OS. The van der Waals surface area contributed by atoms with Crippen molar-refractivity contribution in [2.75, 3.05) is 5.73 Å². The molecule has 0 saturated carbocycles. The molecule has 0 bridgehead atoms. The number of aromatic nitrogens is 1. The summed E-state index contributed by atoms with van der Waals surface area (Å²) in [6.45, 7) is 4.08. The van der Waals surface area contributed by atoms with Gasteiger partial charge in [-0.25, -0.2) is 4.39 Å². The first-order valence-electron chi connectivity index (χ1n) is 6.00. The second-order valence-electron chi connectivity index (χ2n) is 4.76. The fraction of sp³-hybridized carbons (Fsp3) is 0.214. The van der Waals surface area contributed by atoms with E-state index in [0.717, 1.165) is 26.2 Å². The summed E-state index contributed by atoms with van der Waals surface area (Å²) in [7, 11) is 0. The Kier molecular flexibility index (Phi) is 2.78. The van der Waals surface area contributed by atoms with Gasteiger partial charge in [0.15, 0.2) is 0 Å². The zero-order chi connectivity index (χ0) is 13.6. The van der Waals surface area contributed by atoms with Gasteiger partial charge in [0.25, 0.3) is 0 Å². The van der Waals surface area contributed by atoms with Crippen LogP contribution in [0, 0.1) is 5.82 Å². The minimum absolute atomic E-state index is 0.225. The first-order valence-corrected chi connectivity index (χ1v) is 6.82. The van der Waals surface area contributed by atoms with Gasteiger partial charge in [-0.2, -0.15) is 0 Å². The predicted molar refractivity (Wildman–Crippen MR) is 75.8 cm³/mol. The molecule has 0 aliphatic carbocycles. The number of benzene rings is 1. The Hall–Kier alpha value is -1.88. The van der Waals surface area contributed by atoms with Crippen molar-refractivity contribution in [1.82, 2.24) is 5.16 Å². The molecule has 5 heteroatoms. The van der Waals surface area contributed by atoms with Crippen molar-refractivity contribution < 1.29 is 8.91 Å². The molecule has 0 spiro atoms. The molecule has 0 unspecified atom stereocenters. The van der Waals surface area contributed by atoms with Crippen LogP contribution in [0.15, 0.2) is 28.8 Å². The number of nitrogen functional groups attached to an aromatic ring is 1. The van der Waals surface area contributed by atoms with E-state index in [1.165, 1.54) is 23.5 Å². The van der Waals surface area contributed by atoms with E-state index in [-0.39, 0.29) is 11.7 Å². The number of rotatable bonds is 2. The smallest absolute Gasteiger partial charge is 0.226 e. The SMILES string of the molecule is CC(C)c1c(-c2cc3ccc(F)cc3s2)noc1N. The summed E-state index contributed by atoms with van der Waals surface area (Å²) in [5, 5.41) is 5.04. The van der Waals surface area contributed by atoms with Crippen molar-refractivity contribution in [1.29, 1.82) is 0 Å². The Morgan fingerprint density at radius 2 is 2.11 bits per heavy atom. The standard InChI is InChI=1S/C14H13FN2OS/c1-7(2)12-13(17-18-14(12)16)11-5-8-3-4-9(15)6-10(8)19-11/h3-7H,16H2,1-2H3. The van der Waals surface area contributed by atoms with E-state index >= 15 is 0 Å². The Bertz CT molecular complexity index is 745. The quantitative estimate of drug-likeness (QED) is 0.754. The molecule has 0 saturated heterocycles. The Labute approximate surface area is 113 Å². The highest BCUT2D eigenvalue weighted by atomic mass is 32.1. The van der Waals surface area contributed by atoms with Crippen LogP contribution in [0.5, 0.6) is 0 Å². The summed E-state index contributed by atoms with van der Waals surface area (Å²) in [6, 6.07) is 6.74. The zero-order valence-electron chi connectivity index (χ0n) is 10.6. The van der Waals surface area contributed by atoms with Gasteiger partial charge < -0.3 is 10.3 Å². The van der Waals surface area contributed by atoms with E-state index in [9.17, 15) is 4.39 Å². The van der Waals surface area contributed by atoms with Crippen LogP contribution in [0.3, 0.4) is 0 Å². The van der Waals surface area contributed by atoms with Crippen molar-refractivity contribution in [3.63, 3.8) is 0 Å². The highest BCUT2D eigenvalue weighted by Gasteiger charge is 2.20. The number of nitrogens with two attached hydrogens (primary N) is 1.